The van der Waals surface area contributed by atoms with Crippen LogP contribution in [-0.4, -0.2) is 59.8 Å². The molecule has 1 aromatic carbocycles. The zero-order valence-electron chi connectivity index (χ0n) is 16.8. The number of methoxy groups -OCH3 is 1. The fraction of sp³-hybridized carbons (Fsp3) is 0.545. The van der Waals surface area contributed by atoms with Gasteiger partial charge in [0.05, 0.1) is 12.9 Å². The van der Waals surface area contributed by atoms with Gasteiger partial charge in [-0.05, 0) is 24.8 Å². The second-order valence-electron chi connectivity index (χ2n) is 8.39. The second-order valence-corrected chi connectivity index (χ2v) is 8.39. The van der Waals surface area contributed by atoms with Gasteiger partial charge < -0.3 is 19.5 Å². The lowest BCUT2D eigenvalue weighted by molar-refractivity contribution is 0.0200. The fourth-order valence-electron chi connectivity index (χ4n) is 4.38. The first-order valence-corrected chi connectivity index (χ1v) is 10.1. The van der Waals surface area contributed by atoms with Crippen molar-refractivity contribution in [3.8, 4) is 0 Å². The summed E-state index contributed by atoms with van der Waals surface area (Å²) in [6, 6.07) is 11.3. The number of ether oxygens (including phenoxy) is 1. The van der Waals surface area contributed by atoms with Gasteiger partial charge in [0.15, 0.2) is 0 Å². The van der Waals surface area contributed by atoms with E-state index in [9.17, 15) is 4.79 Å². The second kappa shape index (κ2) is 8.05. The lowest BCUT2D eigenvalue weighted by Gasteiger charge is -2.41. The molecule has 1 aromatic heterocycles. The van der Waals surface area contributed by atoms with Gasteiger partial charge >= 0.3 is 0 Å². The maximum absolute atomic E-state index is 12.7. The van der Waals surface area contributed by atoms with Gasteiger partial charge in [-0.1, -0.05) is 30.3 Å². The molecule has 2 atom stereocenters. The van der Waals surface area contributed by atoms with Crippen molar-refractivity contribution < 1.29 is 9.53 Å². The summed E-state index contributed by atoms with van der Waals surface area (Å²) < 4.78 is 7.39. The van der Waals surface area contributed by atoms with Crippen LogP contribution in [-0.2, 0) is 11.8 Å². The molecule has 1 aliphatic heterocycles. The zero-order chi connectivity index (χ0) is 19.6. The molecule has 1 aliphatic carbocycles. The number of carbonyl (C=O) groups excluding carboxylic acids is 1. The molecule has 2 fully saturated rings. The van der Waals surface area contributed by atoms with Crippen LogP contribution in [0.2, 0.25) is 0 Å². The van der Waals surface area contributed by atoms with E-state index in [2.05, 4.69) is 40.6 Å². The molecule has 4 rings (SSSR count). The third kappa shape index (κ3) is 4.13. The van der Waals surface area contributed by atoms with Crippen LogP contribution >= 0.6 is 0 Å². The number of aryl methyl sites for hydroxylation is 1. The van der Waals surface area contributed by atoms with Gasteiger partial charge in [-0.15, -0.1) is 0 Å². The highest BCUT2D eigenvalue weighted by Crippen LogP contribution is 2.42. The molecule has 2 heterocycles. The Kier molecular flexibility index (Phi) is 5.51. The quantitative estimate of drug-likeness (QED) is 0.799. The number of piperidine rings is 1. The van der Waals surface area contributed by atoms with E-state index in [4.69, 9.17) is 4.74 Å². The van der Waals surface area contributed by atoms with Gasteiger partial charge in [-0.3, -0.25) is 4.79 Å². The number of hydrogen-bond donors (Lipinski definition) is 1. The van der Waals surface area contributed by atoms with Crippen molar-refractivity contribution in [2.24, 2.45) is 12.5 Å². The Morgan fingerprint density at radius 2 is 2.04 bits per heavy atom. The van der Waals surface area contributed by atoms with Gasteiger partial charge in [0.1, 0.15) is 5.69 Å². The highest BCUT2D eigenvalue weighted by Gasteiger charge is 2.42. The summed E-state index contributed by atoms with van der Waals surface area (Å²) >= 11 is 0. The Hall–Kier alpha value is -2.18. The SMILES string of the molecule is COCC1(CN[C@@H]2C[C@H]2c2ccccc2)CCN(C(=O)c2cn(C)cn2)CC1. The van der Waals surface area contributed by atoms with Gasteiger partial charge in [0, 0.05) is 57.4 Å². The first-order chi connectivity index (χ1) is 13.6. The number of likely N-dealkylation sites (tertiary alicyclic amines) is 1. The molecule has 0 spiro atoms. The number of benzene rings is 1. The standard InChI is InChI=1S/C22H30N4O2/c1-25-13-20(24-16-25)21(27)26-10-8-22(9-11-26,15-28-2)14-23-19-12-18(19)17-6-4-3-5-7-17/h3-7,13,16,18-19,23H,8-12,14-15H2,1-2H3/t18-,19+/m0/s1. The van der Waals surface area contributed by atoms with E-state index in [1.54, 1.807) is 19.6 Å². The largest absolute Gasteiger partial charge is 0.384 e. The first kappa shape index (κ1) is 19.2. The van der Waals surface area contributed by atoms with Crippen LogP contribution in [0.3, 0.4) is 0 Å². The van der Waals surface area contributed by atoms with Crippen LogP contribution in [0.15, 0.2) is 42.9 Å². The lowest BCUT2D eigenvalue weighted by atomic mass is 9.78. The Morgan fingerprint density at radius 1 is 1.29 bits per heavy atom. The van der Waals surface area contributed by atoms with Crippen LogP contribution in [0.5, 0.6) is 0 Å². The molecule has 1 saturated heterocycles. The summed E-state index contributed by atoms with van der Waals surface area (Å²) in [6.07, 6.45) is 6.58. The predicted molar refractivity (Wildman–Crippen MR) is 108 cm³/mol. The van der Waals surface area contributed by atoms with E-state index in [1.165, 1.54) is 12.0 Å². The van der Waals surface area contributed by atoms with E-state index < -0.39 is 0 Å². The number of amides is 1. The van der Waals surface area contributed by atoms with Crippen LogP contribution in [0.1, 0.15) is 41.2 Å². The molecule has 1 N–H and O–H groups in total. The maximum Gasteiger partial charge on any atom is 0.274 e. The monoisotopic (exact) mass is 382 g/mol. The van der Waals surface area contributed by atoms with E-state index in [0.29, 0.717) is 17.7 Å². The van der Waals surface area contributed by atoms with Crippen molar-refractivity contribution in [3.63, 3.8) is 0 Å². The molecule has 0 bridgehead atoms. The molecule has 6 nitrogen and oxygen atoms in total. The smallest absolute Gasteiger partial charge is 0.274 e. The third-order valence-corrected chi connectivity index (χ3v) is 6.24. The van der Waals surface area contributed by atoms with E-state index in [0.717, 1.165) is 39.1 Å². The van der Waals surface area contributed by atoms with Gasteiger partial charge in [-0.2, -0.15) is 0 Å². The van der Waals surface area contributed by atoms with E-state index in [1.807, 2.05) is 16.5 Å². The molecule has 1 saturated carbocycles. The van der Waals surface area contributed by atoms with Crippen LogP contribution in [0.25, 0.3) is 0 Å². The molecule has 0 radical (unpaired) electrons. The number of nitrogens with zero attached hydrogens (tertiary/aromatic N) is 3. The average Bonchev–Trinajstić information content (AvgIpc) is 3.38. The van der Waals surface area contributed by atoms with Crippen molar-refractivity contribution >= 4 is 5.91 Å². The Morgan fingerprint density at radius 3 is 2.68 bits per heavy atom. The number of hydrogen-bond acceptors (Lipinski definition) is 4. The number of imidazole rings is 1. The topological polar surface area (TPSA) is 59.4 Å². The molecule has 150 valence electrons. The summed E-state index contributed by atoms with van der Waals surface area (Å²) in [4.78, 5) is 18.8. The highest BCUT2D eigenvalue weighted by atomic mass is 16.5. The summed E-state index contributed by atoms with van der Waals surface area (Å²) in [5.74, 6) is 0.664. The van der Waals surface area contributed by atoms with Crippen molar-refractivity contribution in [1.82, 2.24) is 19.8 Å². The molecule has 1 amide bonds. The minimum Gasteiger partial charge on any atom is -0.384 e. The molecular formula is C22H30N4O2. The highest BCUT2D eigenvalue weighted by molar-refractivity contribution is 5.92. The minimum atomic E-state index is 0.0333. The first-order valence-electron chi connectivity index (χ1n) is 10.1. The van der Waals surface area contributed by atoms with Crippen LogP contribution in [0.4, 0.5) is 0 Å². The minimum absolute atomic E-state index is 0.0333. The van der Waals surface area contributed by atoms with Crippen LogP contribution in [0, 0.1) is 5.41 Å². The van der Waals surface area contributed by atoms with Crippen molar-refractivity contribution in [2.75, 3.05) is 33.4 Å². The molecule has 2 aliphatic rings. The molecule has 0 unspecified atom stereocenters. The van der Waals surface area contributed by atoms with E-state index >= 15 is 0 Å². The number of nitrogens with one attached hydrogen (secondary N) is 1. The zero-order valence-corrected chi connectivity index (χ0v) is 16.8. The number of aromatic nitrogens is 2. The molecule has 28 heavy (non-hydrogen) atoms. The summed E-state index contributed by atoms with van der Waals surface area (Å²) in [6.45, 7) is 3.19. The number of rotatable bonds is 7. The van der Waals surface area contributed by atoms with Gasteiger partial charge in [-0.25, -0.2) is 4.98 Å². The number of carbonyl (C=O) groups is 1. The van der Waals surface area contributed by atoms with Crippen molar-refractivity contribution in [3.05, 3.63) is 54.1 Å². The summed E-state index contributed by atoms with van der Waals surface area (Å²) in [7, 11) is 3.66. The summed E-state index contributed by atoms with van der Waals surface area (Å²) in [5, 5.41) is 3.78. The maximum atomic E-state index is 12.7. The molecule has 2 aromatic rings. The predicted octanol–water partition coefficient (Wildman–Crippen LogP) is 2.43. The Balaban J connectivity index is 1.31. The average molecular weight is 383 g/mol. The normalized spacial score (nSPS) is 23.6. The van der Waals surface area contributed by atoms with Crippen molar-refractivity contribution in [2.45, 2.75) is 31.2 Å². The third-order valence-electron chi connectivity index (χ3n) is 6.24. The Bertz CT molecular complexity index is 796. The molecular weight excluding hydrogens is 352 g/mol. The lowest BCUT2D eigenvalue weighted by Crippen LogP contribution is -2.49. The Labute approximate surface area is 166 Å². The van der Waals surface area contributed by atoms with Gasteiger partial charge in [0.25, 0.3) is 5.91 Å². The molecule has 6 heteroatoms. The fourth-order valence-corrected chi connectivity index (χ4v) is 4.38. The summed E-state index contributed by atoms with van der Waals surface area (Å²) in [5.41, 5.74) is 2.06. The van der Waals surface area contributed by atoms with E-state index in [-0.39, 0.29) is 11.3 Å². The van der Waals surface area contributed by atoms with Crippen LogP contribution < -0.4 is 5.32 Å². The van der Waals surface area contributed by atoms with Gasteiger partial charge in [0.2, 0.25) is 0 Å². The van der Waals surface area contributed by atoms with Crippen molar-refractivity contribution in [1.29, 1.82) is 0 Å².